The van der Waals surface area contributed by atoms with Crippen molar-refractivity contribution in [3.05, 3.63) is 39.4 Å². The van der Waals surface area contributed by atoms with Gasteiger partial charge in [0, 0.05) is 13.1 Å². The number of ether oxygens (including phenoxy) is 1. The van der Waals surface area contributed by atoms with E-state index < -0.39 is 22.8 Å². The Bertz CT molecular complexity index is 905. The van der Waals surface area contributed by atoms with Crippen molar-refractivity contribution in [3.8, 4) is 5.75 Å². The smallest absolute Gasteiger partial charge is 0.331 e. The average Bonchev–Trinajstić information content (AvgIpc) is 2.76. The second-order valence-electron chi connectivity index (χ2n) is 8.01. The van der Waals surface area contributed by atoms with E-state index in [1.54, 1.807) is 0 Å². The number of nitrogens with zero attached hydrogens (tertiary/aromatic N) is 2. The molecule has 1 aromatic rings. The van der Waals surface area contributed by atoms with Crippen molar-refractivity contribution in [3.63, 3.8) is 0 Å². The summed E-state index contributed by atoms with van der Waals surface area (Å²) >= 11 is 0. The number of nitro benzene ring substituents is 1. The van der Waals surface area contributed by atoms with Crippen LogP contribution in [0, 0.1) is 16.0 Å². The lowest BCUT2D eigenvalue weighted by atomic mass is 9.86. The number of carbonyl (C=O) groups is 3. The van der Waals surface area contributed by atoms with Gasteiger partial charge in [0.2, 0.25) is 0 Å². The molecule has 0 atom stereocenters. The Labute approximate surface area is 180 Å². The molecule has 1 N–H and O–H groups in total. The lowest BCUT2D eigenvalue weighted by Crippen LogP contribution is -2.52. The summed E-state index contributed by atoms with van der Waals surface area (Å²) in [6, 6.07) is 3.44. The molecule has 0 bridgehead atoms. The van der Waals surface area contributed by atoms with Crippen LogP contribution >= 0.6 is 0 Å². The number of nitro groups is 1. The zero-order valence-corrected chi connectivity index (χ0v) is 17.6. The number of hydrogen-bond acceptors (Lipinski definition) is 6. The van der Waals surface area contributed by atoms with Crippen LogP contribution in [0.1, 0.15) is 56.9 Å². The SMILES string of the molecule is CN1C(=O)NC(=O)/C(=C/c2ccc(OCCCCC3CCCCC3)c([N+](=O)[O-])c2)C1=O. The van der Waals surface area contributed by atoms with Gasteiger partial charge in [-0.2, -0.15) is 0 Å². The molecule has 1 aliphatic heterocycles. The minimum absolute atomic E-state index is 0.150. The van der Waals surface area contributed by atoms with Gasteiger partial charge in [0.05, 0.1) is 11.5 Å². The lowest BCUT2D eigenvalue weighted by molar-refractivity contribution is -0.385. The van der Waals surface area contributed by atoms with Crippen LogP contribution in [0.2, 0.25) is 0 Å². The number of imide groups is 2. The third kappa shape index (κ3) is 5.68. The first-order valence-electron chi connectivity index (χ1n) is 10.6. The van der Waals surface area contributed by atoms with E-state index in [2.05, 4.69) is 0 Å². The number of unbranched alkanes of at least 4 members (excludes halogenated alkanes) is 1. The summed E-state index contributed by atoms with van der Waals surface area (Å²) in [7, 11) is 1.24. The van der Waals surface area contributed by atoms with Gasteiger partial charge in [0.1, 0.15) is 5.57 Å². The largest absolute Gasteiger partial charge is 0.487 e. The molecule has 31 heavy (non-hydrogen) atoms. The molecule has 0 aromatic heterocycles. The Morgan fingerprint density at radius 3 is 2.65 bits per heavy atom. The minimum Gasteiger partial charge on any atom is -0.487 e. The molecule has 1 heterocycles. The van der Waals surface area contributed by atoms with Gasteiger partial charge in [-0.25, -0.2) is 4.79 Å². The molecular formula is C22H27N3O6. The molecule has 0 unspecified atom stereocenters. The van der Waals surface area contributed by atoms with Crippen LogP contribution in [0.15, 0.2) is 23.8 Å². The highest BCUT2D eigenvalue weighted by Gasteiger charge is 2.33. The topological polar surface area (TPSA) is 119 Å². The molecule has 4 amide bonds. The Morgan fingerprint density at radius 2 is 1.94 bits per heavy atom. The van der Waals surface area contributed by atoms with Crippen LogP contribution in [0.5, 0.6) is 5.75 Å². The maximum atomic E-state index is 12.2. The van der Waals surface area contributed by atoms with Crippen LogP contribution in [-0.4, -0.2) is 41.3 Å². The van der Waals surface area contributed by atoms with E-state index in [0.717, 1.165) is 23.7 Å². The fourth-order valence-corrected chi connectivity index (χ4v) is 3.99. The van der Waals surface area contributed by atoms with E-state index in [9.17, 15) is 24.5 Å². The first-order chi connectivity index (χ1) is 14.9. The molecular weight excluding hydrogens is 402 g/mol. The number of amides is 4. The number of likely N-dealkylation sites (N-methyl/N-ethyl adjacent to an activating group) is 1. The number of rotatable bonds is 8. The van der Waals surface area contributed by atoms with Crippen LogP contribution in [-0.2, 0) is 9.59 Å². The molecule has 2 aliphatic rings. The van der Waals surface area contributed by atoms with Crippen LogP contribution in [0.25, 0.3) is 6.08 Å². The normalized spacial score (nSPS) is 18.9. The fourth-order valence-electron chi connectivity index (χ4n) is 3.99. The maximum absolute atomic E-state index is 12.2. The number of urea groups is 1. The average molecular weight is 429 g/mol. The number of nitrogens with one attached hydrogen (secondary N) is 1. The monoisotopic (exact) mass is 429 g/mol. The minimum atomic E-state index is -0.839. The number of hydrogen-bond donors (Lipinski definition) is 1. The molecule has 2 fully saturated rings. The van der Waals surface area contributed by atoms with Gasteiger partial charge in [-0.15, -0.1) is 0 Å². The molecule has 9 heteroatoms. The summed E-state index contributed by atoms with van der Waals surface area (Å²) in [5.41, 5.74) is -0.222. The van der Waals surface area contributed by atoms with Gasteiger partial charge < -0.3 is 4.74 Å². The third-order valence-corrected chi connectivity index (χ3v) is 5.78. The zero-order valence-electron chi connectivity index (χ0n) is 17.6. The van der Waals surface area contributed by atoms with Crippen LogP contribution < -0.4 is 10.1 Å². The first-order valence-corrected chi connectivity index (χ1v) is 10.6. The number of carbonyl (C=O) groups excluding carboxylic acids is 3. The summed E-state index contributed by atoms with van der Waals surface area (Å²) in [5.74, 6) is -0.662. The molecule has 0 radical (unpaired) electrons. The highest BCUT2D eigenvalue weighted by molar-refractivity contribution is 6.30. The molecule has 1 saturated carbocycles. The Morgan fingerprint density at radius 1 is 1.19 bits per heavy atom. The van der Waals surface area contributed by atoms with Crippen LogP contribution in [0.3, 0.4) is 0 Å². The predicted octanol–water partition coefficient (Wildman–Crippen LogP) is 3.82. The van der Waals surface area contributed by atoms with E-state index in [0.29, 0.717) is 6.61 Å². The fraction of sp³-hybridized carbons (Fsp3) is 0.500. The van der Waals surface area contributed by atoms with Crippen LogP contribution in [0.4, 0.5) is 10.5 Å². The summed E-state index contributed by atoms with van der Waals surface area (Å²) in [6.45, 7) is 0.391. The number of benzene rings is 1. The summed E-state index contributed by atoms with van der Waals surface area (Å²) in [4.78, 5) is 47.3. The molecule has 9 nitrogen and oxygen atoms in total. The second kappa shape index (κ2) is 10.2. The second-order valence-corrected chi connectivity index (χ2v) is 8.01. The van der Waals surface area contributed by atoms with E-state index in [4.69, 9.17) is 4.74 Å². The Balaban J connectivity index is 1.63. The summed E-state index contributed by atoms with van der Waals surface area (Å²) in [6.07, 6.45) is 10.8. The molecule has 1 saturated heterocycles. The maximum Gasteiger partial charge on any atom is 0.331 e. The van der Waals surface area contributed by atoms with Gasteiger partial charge >= 0.3 is 11.7 Å². The number of barbiturate groups is 1. The van der Waals surface area contributed by atoms with Gasteiger partial charge in [0.15, 0.2) is 5.75 Å². The summed E-state index contributed by atoms with van der Waals surface area (Å²) in [5, 5.41) is 13.5. The molecule has 3 rings (SSSR count). The van der Waals surface area contributed by atoms with Gasteiger partial charge in [-0.1, -0.05) is 44.6 Å². The van der Waals surface area contributed by atoms with Gasteiger partial charge in [-0.3, -0.25) is 29.9 Å². The molecule has 1 aromatic carbocycles. The van der Waals surface area contributed by atoms with Crippen molar-refractivity contribution < 1.29 is 24.0 Å². The van der Waals surface area contributed by atoms with Crippen molar-refractivity contribution in [2.24, 2.45) is 5.92 Å². The van der Waals surface area contributed by atoms with Crippen molar-refractivity contribution in [1.29, 1.82) is 0 Å². The predicted molar refractivity (Wildman–Crippen MR) is 113 cm³/mol. The van der Waals surface area contributed by atoms with Crippen molar-refractivity contribution >= 4 is 29.6 Å². The lowest BCUT2D eigenvalue weighted by Gasteiger charge is -2.22. The first kappa shape index (κ1) is 22.5. The van der Waals surface area contributed by atoms with Gasteiger partial charge in [0.25, 0.3) is 11.8 Å². The molecule has 1 aliphatic carbocycles. The zero-order chi connectivity index (χ0) is 22.4. The van der Waals surface area contributed by atoms with Crippen molar-refractivity contribution in [1.82, 2.24) is 10.2 Å². The van der Waals surface area contributed by atoms with E-state index in [-0.39, 0.29) is 22.6 Å². The highest BCUT2D eigenvalue weighted by Crippen LogP contribution is 2.30. The van der Waals surface area contributed by atoms with E-state index in [1.165, 1.54) is 69.8 Å². The molecule has 0 spiro atoms. The quantitative estimate of drug-likeness (QED) is 0.221. The highest BCUT2D eigenvalue weighted by atomic mass is 16.6. The van der Waals surface area contributed by atoms with Crippen molar-refractivity contribution in [2.45, 2.75) is 51.4 Å². The van der Waals surface area contributed by atoms with E-state index >= 15 is 0 Å². The Kier molecular flexibility index (Phi) is 7.38. The van der Waals surface area contributed by atoms with E-state index in [1.807, 2.05) is 5.32 Å². The Hall–Kier alpha value is -3.23. The third-order valence-electron chi connectivity index (χ3n) is 5.78. The van der Waals surface area contributed by atoms with Gasteiger partial charge in [-0.05, 0) is 36.5 Å². The standard InChI is InChI=1S/C22H27N3O6/c1-24-21(27)17(20(26)23-22(24)28)13-16-10-11-19(18(14-16)25(29)30)31-12-6-5-9-15-7-3-2-4-8-15/h10-11,13-15H,2-9,12H2,1H3,(H,23,26,28)/b17-13-. The molecule has 166 valence electrons. The summed E-state index contributed by atoms with van der Waals surface area (Å²) < 4.78 is 5.64. The van der Waals surface area contributed by atoms with Crippen molar-refractivity contribution in [2.75, 3.05) is 13.7 Å².